The van der Waals surface area contributed by atoms with E-state index in [9.17, 15) is 25.1 Å². The Morgan fingerprint density at radius 2 is 2.04 bits per heavy atom. The maximum Gasteiger partial charge on any atom is 0.271 e. The third kappa shape index (κ3) is 5.94. The molecule has 2 aliphatic rings. The summed E-state index contributed by atoms with van der Waals surface area (Å²) in [5.41, 5.74) is 1.98. The minimum absolute atomic E-state index is 0.0299. The van der Waals surface area contributed by atoms with Crippen LogP contribution in [-0.2, 0) is 17.8 Å². The van der Waals surface area contributed by atoms with Gasteiger partial charge < -0.3 is 25.4 Å². The van der Waals surface area contributed by atoms with Crippen molar-refractivity contribution >= 4 is 40.2 Å². The number of aliphatic hydroxyl groups excluding tert-OH is 2. The Morgan fingerprint density at radius 3 is 2.84 bits per heavy atom. The number of nitro groups is 1. The second-order valence-electron chi connectivity index (χ2n) is 12.1. The highest BCUT2D eigenvalue weighted by molar-refractivity contribution is 6.30. The number of anilines is 1. The number of unbranched alkanes of at least 4 members (excludes halogenated alkanes) is 1. The molecule has 16 heteroatoms. The lowest BCUT2D eigenvalue weighted by Crippen LogP contribution is -2.41. The molecule has 0 radical (unpaired) electrons. The summed E-state index contributed by atoms with van der Waals surface area (Å²) in [4.78, 5) is 37.3. The molecule has 5 aromatic rings. The van der Waals surface area contributed by atoms with E-state index in [2.05, 4.69) is 42.8 Å². The molecule has 2 saturated carbocycles. The Kier molecular flexibility index (Phi) is 8.45. The van der Waals surface area contributed by atoms with Gasteiger partial charge in [0.05, 0.1) is 46.4 Å². The molecule has 0 bridgehead atoms. The van der Waals surface area contributed by atoms with Crippen molar-refractivity contribution in [3.8, 4) is 17.5 Å². The number of aliphatic hydroxyl groups is 2. The number of carbonyl (C=O) groups is 1. The standard InChI is InChI=1S/C33H31ClN10O5/c1-35-32(47)33-15-24(33)27(28(45)29(33)46)42-18-37-26-30(36-16-19-7-5-8-20(34)13-19)38-25(39-31(26)42)12-4-2-3-9-21-17-43(41-40-21)22-10-6-11-23(14-22)44(48)49/h5-8,10-11,13-14,17-18,24,27-29,45-46H,2-3,9,15-16H2,1H3,(H,35,47)(H,36,38,39)/t24-,27-,28+,29+,33+/m1/s1. The van der Waals surface area contributed by atoms with Crippen LogP contribution in [0.25, 0.3) is 16.9 Å². The minimum atomic E-state index is -1.23. The lowest BCUT2D eigenvalue weighted by Gasteiger charge is -2.23. The number of amides is 1. The van der Waals surface area contributed by atoms with Crippen molar-refractivity contribution in [2.24, 2.45) is 11.3 Å². The normalized spacial score (nSPS) is 22.3. The predicted molar refractivity (Wildman–Crippen MR) is 178 cm³/mol. The van der Waals surface area contributed by atoms with Gasteiger partial charge >= 0.3 is 0 Å². The quantitative estimate of drug-likeness (QED) is 0.0731. The van der Waals surface area contributed by atoms with Gasteiger partial charge in [-0.1, -0.05) is 40.9 Å². The van der Waals surface area contributed by atoms with Crippen LogP contribution in [-0.4, -0.2) is 74.8 Å². The summed E-state index contributed by atoms with van der Waals surface area (Å²) < 4.78 is 3.21. The van der Waals surface area contributed by atoms with Crippen LogP contribution in [0.4, 0.5) is 11.5 Å². The van der Waals surface area contributed by atoms with Crippen molar-refractivity contribution in [3.63, 3.8) is 0 Å². The second kappa shape index (κ2) is 12.9. The van der Waals surface area contributed by atoms with E-state index in [0.29, 0.717) is 65.6 Å². The van der Waals surface area contributed by atoms with Gasteiger partial charge in [0.15, 0.2) is 17.0 Å². The van der Waals surface area contributed by atoms with Gasteiger partial charge in [-0.05, 0) is 48.9 Å². The van der Waals surface area contributed by atoms with Gasteiger partial charge in [-0.15, -0.1) is 5.10 Å². The highest BCUT2D eigenvalue weighted by Gasteiger charge is 2.75. The maximum absolute atomic E-state index is 12.7. The molecule has 2 fully saturated rings. The van der Waals surface area contributed by atoms with Gasteiger partial charge in [0.25, 0.3) is 5.69 Å². The molecule has 0 saturated heterocycles. The van der Waals surface area contributed by atoms with E-state index in [0.717, 1.165) is 5.56 Å². The molecular formula is C33H31ClN10O5. The maximum atomic E-state index is 12.7. The summed E-state index contributed by atoms with van der Waals surface area (Å²) in [6, 6.07) is 13.0. The summed E-state index contributed by atoms with van der Waals surface area (Å²) in [6.45, 7) is 0.399. The fraction of sp³-hybridized carbons (Fsp3) is 0.333. The molecule has 2 aliphatic carbocycles. The van der Waals surface area contributed by atoms with E-state index in [1.54, 1.807) is 35.3 Å². The van der Waals surface area contributed by atoms with Crippen molar-refractivity contribution in [2.75, 3.05) is 12.4 Å². The Hall–Kier alpha value is -5.43. The van der Waals surface area contributed by atoms with Gasteiger partial charge in [-0.2, -0.15) is 0 Å². The molecule has 3 aromatic heterocycles. The van der Waals surface area contributed by atoms with E-state index in [1.165, 1.54) is 23.9 Å². The third-order valence-corrected chi connectivity index (χ3v) is 9.43. The molecule has 7 rings (SSSR count). The van der Waals surface area contributed by atoms with Crippen LogP contribution >= 0.6 is 11.6 Å². The molecule has 250 valence electrons. The molecule has 5 atom stereocenters. The number of carbonyl (C=O) groups excluding carboxylic acids is 1. The summed E-state index contributed by atoms with van der Waals surface area (Å²) in [6.07, 6.45) is 3.04. The number of nitrogens with zero attached hydrogens (tertiary/aromatic N) is 8. The molecule has 0 spiro atoms. The number of non-ortho nitro benzene ring substituents is 1. The Labute approximate surface area is 284 Å². The fourth-order valence-electron chi connectivity index (χ4n) is 6.72. The van der Waals surface area contributed by atoms with Crippen LogP contribution in [0.5, 0.6) is 0 Å². The molecule has 49 heavy (non-hydrogen) atoms. The van der Waals surface area contributed by atoms with Crippen LogP contribution in [0.3, 0.4) is 0 Å². The van der Waals surface area contributed by atoms with Crippen molar-refractivity contribution < 1.29 is 19.9 Å². The fourth-order valence-corrected chi connectivity index (χ4v) is 6.93. The zero-order valence-electron chi connectivity index (χ0n) is 26.2. The number of halogens is 1. The van der Waals surface area contributed by atoms with Crippen molar-refractivity contribution in [1.29, 1.82) is 0 Å². The van der Waals surface area contributed by atoms with Crippen LogP contribution in [0, 0.1) is 33.3 Å². The average Bonchev–Trinajstić information content (AvgIpc) is 3.34. The van der Waals surface area contributed by atoms with E-state index in [-0.39, 0.29) is 23.3 Å². The summed E-state index contributed by atoms with van der Waals surface area (Å²) in [7, 11) is 1.52. The molecule has 1 amide bonds. The molecule has 15 nitrogen and oxygen atoms in total. The van der Waals surface area contributed by atoms with Gasteiger partial charge in [0.1, 0.15) is 6.10 Å². The van der Waals surface area contributed by atoms with Crippen LogP contribution in [0.1, 0.15) is 42.4 Å². The molecular weight excluding hydrogens is 652 g/mol. The van der Waals surface area contributed by atoms with Gasteiger partial charge in [-0.25, -0.2) is 19.6 Å². The number of aryl methyl sites for hydroxylation is 1. The molecule has 0 unspecified atom stereocenters. The van der Waals surface area contributed by atoms with E-state index in [4.69, 9.17) is 16.6 Å². The second-order valence-corrected chi connectivity index (χ2v) is 12.6. The summed E-state index contributed by atoms with van der Waals surface area (Å²) in [5.74, 6) is 6.25. The topological polar surface area (TPSA) is 199 Å². The number of imidazole rings is 1. The van der Waals surface area contributed by atoms with Crippen molar-refractivity contribution in [2.45, 2.75) is 50.5 Å². The monoisotopic (exact) mass is 682 g/mol. The highest BCUT2D eigenvalue weighted by atomic mass is 35.5. The van der Waals surface area contributed by atoms with Crippen LogP contribution in [0.2, 0.25) is 5.02 Å². The van der Waals surface area contributed by atoms with Crippen molar-refractivity contribution in [3.05, 3.63) is 93.3 Å². The lowest BCUT2D eigenvalue weighted by molar-refractivity contribution is -0.384. The SMILES string of the molecule is CNC(=O)[C@@]12C[C@@H]1[C@@H](n1cnc3c(NCc4cccc(Cl)c4)nc(C#CCCCc4cn(-c5cccc([N+](=O)[O-])c5)nn4)nc31)[C@H](O)[C@@H]2O. The Morgan fingerprint density at radius 1 is 1.20 bits per heavy atom. The number of nitro benzene ring substituents is 1. The summed E-state index contributed by atoms with van der Waals surface area (Å²) >= 11 is 6.19. The smallest absolute Gasteiger partial charge is 0.271 e. The van der Waals surface area contributed by atoms with E-state index in [1.807, 2.05) is 18.2 Å². The van der Waals surface area contributed by atoms with E-state index >= 15 is 0 Å². The Bertz CT molecular complexity index is 2140. The highest BCUT2D eigenvalue weighted by Crippen LogP contribution is 2.67. The first-order valence-electron chi connectivity index (χ1n) is 15.7. The molecule has 2 aromatic carbocycles. The zero-order chi connectivity index (χ0) is 34.3. The largest absolute Gasteiger partial charge is 0.389 e. The number of fused-ring (bicyclic) bond motifs is 2. The predicted octanol–water partition coefficient (Wildman–Crippen LogP) is 2.98. The number of rotatable bonds is 10. The van der Waals surface area contributed by atoms with Crippen LogP contribution in [0.15, 0.2) is 61.1 Å². The summed E-state index contributed by atoms with van der Waals surface area (Å²) in [5, 5.41) is 48.0. The number of nitrogens with one attached hydrogen (secondary N) is 2. The number of hydrogen-bond acceptors (Lipinski definition) is 11. The van der Waals surface area contributed by atoms with Gasteiger partial charge in [-0.3, -0.25) is 14.9 Å². The van der Waals surface area contributed by atoms with Gasteiger partial charge in [0.2, 0.25) is 11.7 Å². The molecule has 0 aliphatic heterocycles. The number of benzene rings is 2. The van der Waals surface area contributed by atoms with Gasteiger partial charge in [0, 0.05) is 43.1 Å². The number of hydrogen-bond donors (Lipinski definition) is 4. The minimum Gasteiger partial charge on any atom is -0.389 e. The third-order valence-electron chi connectivity index (χ3n) is 9.19. The van der Waals surface area contributed by atoms with Crippen molar-refractivity contribution in [1.82, 2.24) is 39.8 Å². The lowest BCUT2D eigenvalue weighted by atomic mass is 9.98. The van der Waals surface area contributed by atoms with Crippen LogP contribution < -0.4 is 10.6 Å². The first-order valence-corrected chi connectivity index (χ1v) is 16.0. The zero-order valence-corrected chi connectivity index (χ0v) is 26.9. The molecule has 3 heterocycles. The first-order chi connectivity index (χ1) is 23.7. The Balaban J connectivity index is 1.11. The number of aromatic nitrogens is 7. The van der Waals surface area contributed by atoms with E-state index < -0.39 is 28.6 Å². The average molecular weight is 683 g/mol. The molecule has 4 N–H and O–H groups in total. The first kappa shape index (κ1) is 32.1.